The number of piperidine rings is 2. The van der Waals surface area contributed by atoms with Crippen molar-refractivity contribution in [3.8, 4) is 0 Å². The number of methoxy groups -OCH3 is 6. The van der Waals surface area contributed by atoms with Crippen LogP contribution in [-0.2, 0) is 100 Å². The van der Waals surface area contributed by atoms with E-state index in [1.807, 2.05) is 116 Å². The molecule has 0 radical (unpaired) electrons. The number of aliphatic hydroxyl groups is 8. The summed E-state index contributed by atoms with van der Waals surface area (Å²) in [5, 5.41) is 115. The summed E-state index contributed by atoms with van der Waals surface area (Å²) in [6.45, 7) is 31.5. The molecule has 8 aliphatic rings. The third kappa shape index (κ3) is 36.1. The maximum Gasteiger partial charge on any atom is 0.350 e. The van der Waals surface area contributed by atoms with Gasteiger partial charge in [-0.15, -0.1) is 0 Å². The maximum absolute atomic E-state index is 14.5. The lowest BCUT2D eigenvalue weighted by Gasteiger charge is -2.43. The van der Waals surface area contributed by atoms with E-state index in [2.05, 4.69) is 15.9 Å². The van der Waals surface area contributed by atoms with E-state index in [1.165, 1.54) is 51.7 Å². The Labute approximate surface area is 859 Å². The van der Waals surface area contributed by atoms with Crippen LogP contribution >= 0.6 is 0 Å². The van der Waals surface area contributed by atoms with Crippen LogP contribution in [0.5, 0.6) is 0 Å². The lowest BCUT2D eigenvalue weighted by Crippen LogP contribution is -2.61. The largest absolute Gasteiger partial charge is 0.479 e. The summed E-state index contributed by atoms with van der Waals surface area (Å²) in [5.74, 6) is -12.2. The highest BCUT2D eigenvalue weighted by molar-refractivity contribution is 6.39. The maximum atomic E-state index is 14.5. The number of amides is 2. The lowest BCUT2D eigenvalue weighted by atomic mass is 9.78. The molecule has 0 aromatic carbocycles. The fourth-order valence-electron chi connectivity index (χ4n) is 20.9. The Morgan fingerprint density at radius 2 is 0.848 bits per heavy atom. The van der Waals surface area contributed by atoms with Gasteiger partial charge < -0.3 is 113 Å². The summed E-state index contributed by atoms with van der Waals surface area (Å²) in [5.41, 5.74) is -0.0285. The summed E-state index contributed by atoms with van der Waals surface area (Å²) in [7, 11) is 9.12. The van der Waals surface area contributed by atoms with Crippen molar-refractivity contribution in [2.75, 3.05) is 55.7 Å². The van der Waals surface area contributed by atoms with E-state index in [-0.39, 0.29) is 98.2 Å². The SMILES string of the molecule is CC(C)(ON)C(=O)O.CO[C@H]1C[C@@H]2CC[C@@H](C)[C@@](O)(O2)C(=O)C(=O)N2CCCC[C@H]2C(=O)O[C@H]([C@H](C)C[C@@H]2CC[C@@H](O)[C@H](OC)C2)C[C@@H](O)[C@H](C)/C=C(\C)[C@@H](O)[C@@H](OC)C(=NOC(C)(C)C(=O)O)[C@H](C)C[C@H](C)/C=C/C=C/C=C/1C.CO[C@H]1C[C@@H]2CC[C@@H](C)[C@@](O)(O2)C(=O)C(=O)N2CCCC[C@H]2C(=O)O[C@H]([C@H](C)C[C@@H]2CC[C@@H](O)[C@H](OC)C2)C[C@@H](O)[C@H](C)/C=C(\C)[C@@H](O)[C@@H](OC)C(=O)[C@H](C)C[C@H](C)/C=C/C=C/C=C/1C. The Hall–Kier alpha value is -7.50. The van der Waals surface area contributed by atoms with Crippen molar-refractivity contribution in [3.63, 3.8) is 0 Å². The van der Waals surface area contributed by atoms with Crippen LogP contribution in [0.4, 0.5) is 0 Å². The highest BCUT2D eigenvalue weighted by Gasteiger charge is 2.56. The fraction of sp³-hybridized carbons (Fsp3) is 0.764. The molecule has 2 amide bonds. The van der Waals surface area contributed by atoms with Gasteiger partial charge in [0, 0.05) is 117 Å². The minimum Gasteiger partial charge on any atom is -0.479 e. The molecule has 35 heteroatoms. The molecule has 6 aliphatic heterocycles. The van der Waals surface area contributed by atoms with Gasteiger partial charge in [-0.3, -0.25) is 28.8 Å². The van der Waals surface area contributed by atoms with Crippen LogP contribution in [0.1, 0.15) is 279 Å². The first-order chi connectivity index (χ1) is 68.1. The van der Waals surface area contributed by atoms with Crippen molar-refractivity contribution in [1.82, 2.24) is 9.80 Å². The number of Topliss-reactive ketones (excluding diaryl/α,β-unsaturated/α-hetero) is 3. The Bertz CT molecular complexity index is 4440. The minimum atomic E-state index is -2.44. The van der Waals surface area contributed by atoms with E-state index in [0.29, 0.717) is 132 Å². The van der Waals surface area contributed by atoms with Gasteiger partial charge in [-0.1, -0.05) is 147 Å². The molecule has 12 N–H and O–H groups in total. The number of esters is 2. The number of nitrogens with zero attached hydrogens (tertiary/aromatic N) is 3. The van der Waals surface area contributed by atoms with Crippen molar-refractivity contribution in [2.45, 2.75) is 411 Å². The van der Waals surface area contributed by atoms with Crippen molar-refractivity contribution in [1.29, 1.82) is 0 Å². The molecule has 4 bridgehead atoms. The first-order valence-electron chi connectivity index (χ1n) is 52.4. The van der Waals surface area contributed by atoms with Crippen LogP contribution < -0.4 is 5.90 Å². The normalized spacial score (nSPS) is 38.8. The standard InChI is InChI=1S/C55H88N2O15.C51H81NO13.C4H9NO3/c1-32-18-14-13-15-19-33(2)44(67-10)30-40-23-21-38(7)55(66,71-40)50(61)51(62)57-25-17-16-20-41(57)52(63)70-45(35(4)28-39-22-24-42(58)46(29-39)68-11)31-43(59)34(3)27-37(6)48(60)49(69-12)47(36(5)26-32)56-72-54(8,9)53(64)65;1-30-16-12-11-13-17-31(2)42(61-8)28-38-21-19-36(7)51(60,65-38)48(57)49(58)52-23-15-14-18-39(52)50(59)64-43(33(4)26-37-20-22-40(53)44(27-37)62-9)29-41(54)32(3)25-35(6)46(56)47(63-10)45(55)34(5)24-30;1-4(2,8-5)3(6)7/h13-15,18-19,27,32,34-36,38-46,48-49,58-60,66H,16-17,20-26,28-31H2,1-12H3,(H,64,65);11-13,16-17,25,30,32-34,36-44,46-47,53-54,56,60H,14-15,18-24,26-29H2,1-10H3;5H2,1-2H3,(H,6,7)/b15-13+,18-14+,33-19+,37-27+,56-47?;13-11+,16-12+,31-17+,35-25+;/t32-,34-,35-,36-,38-,39+,40+,41+,42-,43-,44+,45+,46-,48-,49+,55-;30-,32-,33-,34-,36-,37+,38+,39+,40-,41-,42+,43+,44-,46-,47+,51-;/m11./s1. The van der Waals surface area contributed by atoms with Crippen LogP contribution in [0.2, 0.25) is 0 Å². The number of hydrogen-bond acceptors (Lipinski definition) is 31. The number of ketones is 3. The van der Waals surface area contributed by atoms with Crippen molar-refractivity contribution >= 4 is 58.8 Å². The van der Waals surface area contributed by atoms with E-state index >= 15 is 0 Å². The zero-order valence-electron chi connectivity index (χ0n) is 90.6. The van der Waals surface area contributed by atoms with Gasteiger partial charge in [0.25, 0.3) is 23.4 Å². The second-order valence-corrected chi connectivity index (χ2v) is 43.5. The molecule has 2 aliphatic carbocycles. The third-order valence-corrected chi connectivity index (χ3v) is 31.1. The first kappa shape index (κ1) is 126. The summed E-state index contributed by atoms with van der Waals surface area (Å²) < 4.78 is 59.4. The van der Waals surface area contributed by atoms with Gasteiger partial charge >= 0.3 is 23.9 Å². The second kappa shape index (κ2) is 59.3. The number of hydrogen-bond donors (Lipinski definition) is 11. The number of ether oxygens (including phenoxy) is 10. The minimum absolute atomic E-state index is 0.0175. The number of carboxylic acid groups (broad SMARTS) is 2. The summed E-state index contributed by atoms with van der Waals surface area (Å²) >= 11 is 0. The van der Waals surface area contributed by atoms with Crippen LogP contribution in [0, 0.1) is 71.0 Å². The van der Waals surface area contributed by atoms with Crippen LogP contribution in [-0.4, -0.2) is 308 Å². The molecule has 0 spiro atoms. The molecule has 0 aromatic rings. The Kier molecular flexibility index (Phi) is 51.6. The molecule has 4 saturated heterocycles. The second-order valence-electron chi connectivity index (χ2n) is 43.5. The molecule has 0 aromatic heterocycles. The Balaban J connectivity index is 0.000000413. The number of cyclic esters (lactones) is 2. The topological polar surface area (TPSA) is 512 Å². The number of carboxylic acids is 2. The predicted molar refractivity (Wildman–Crippen MR) is 544 cm³/mol. The zero-order chi connectivity index (χ0) is 109. The van der Waals surface area contributed by atoms with Gasteiger partial charge in [-0.25, -0.2) is 25.1 Å². The number of aliphatic carboxylic acids is 2. The molecule has 32 atom stereocenters. The number of rotatable bonds is 17. The first-order valence-corrected chi connectivity index (χ1v) is 52.4. The monoisotopic (exact) mass is 2050 g/mol. The average molecular weight is 2050 g/mol. The number of allylic oxidation sites excluding steroid dienone is 10. The molecular formula is C110H178N4O31. The third-order valence-electron chi connectivity index (χ3n) is 31.1. The van der Waals surface area contributed by atoms with Crippen LogP contribution in [0.25, 0.3) is 0 Å². The molecule has 35 nitrogen and oxygen atoms in total. The van der Waals surface area contributed by atoms with Crippen molar-refractivity contribution in [3.05, 3.63) is 95.2 Å². The van der Waals surface area contributed by atoms with E-state index < -0.39 is 197 Å². The molecular weight excluding hydrogens is 1870 g/mol. The number of aliphatic hydroxyl groups excluding tert-OH is 6. The smallest absolute Gasteiger partial charge is 0.350 e. The Morgan fingerprint density at radius 1 is 0.462 bits per heavy atom. The number of carbonyl (C=O) groups excluding carboxylic acids is 7. The van der Waals surface area contributed by atoms with Crippen molar-refractivity contribution < 1.29 is 151 Å². The summed E-state index contributed by atoms with van der Waals surface area (Å²) in [4.78, 5) is 134. The van der Waals surface area contributed by atoms with Gasteiger partial charge in [0.05, 0.1) is 66.8 Å². The highest BCUT2D eigenvalue weighted by atomic mass is 16.7. The van der Waals surface area contributed by atoms with Crippen LogP contribution in [0.3, 0.4) is 0 Å². The molecule has 6 fully saturated rings. The molecule has 0 unspecified atom stereocenters. The molecule has 8 rings (SSSR count). The lowest BCUT2D eigenvalue weighted by molar-refractivity contribution is -0.265. The highest BCUT2D eigenvalue weighted by Crippen LogP contribution is 2.43. The van der Waals surface area contributed by atoms with Gasteiger partial charge in [-0.2, -0.15) is 0 Å². The summed E-state index contributed by atoms with van der Waals surface area (Å²) in [6.07, 6.45) is 21.3. The van der Waals surface area contributed by atoms with E-state index in [0.717, 1.165) is 24.0 Å². The van der Waals surface area contributed by atoms with E-state index in [1.54, 1.807) is 82.1 Å². The molecule has 145 heavy (non-hydrogen) atoms. The van der Waals surface area contributed by atoms with E-state index in [9.17, 15) is 89.1 Å². The van der Waals surface area contributed by atoms with Crippen molar-refractivity contribution in [2.24, 2.45) is 82.1 Å². The Morgan fingerprint density at radius 3 is 1.21 bits per heavy atom. The predicted octanol–water partition coefficient (Wildman–Crippen LogP) is 12.4. The number of nitrogens with two attached hydrogens (primary N) is 1. The zero-order valence-corrected chi connectivity index (χ0v) is 90.6. The van der Waals surface area contributed by atoms with Crippen LogP contribution in [0.15, 0.2) is 100 Å². The quantitative estimate of drug-likeness (QED) is 0.0279. The van der Waals surface area contributed by atoms with Gasteiger partial charge in [0.1, 0.15) is 48.7 Å². The molecule has 824 valence electrons. The fourth-order valence-corrected chi connectivity index (χ4v) is 20.9. The van der Waals surface area contributed by atoms with Gasteiger partial charge in [0.2, 0.25) is 17.2 Å². The number of oxime groups is 1. The average Bonchev–Trinajstić information content (AvgIpc) is 0.774. The molecule has 6 heterocycles. The summed E-state index contributed by atoms with van der Waals surface area (Å²) in [6, 6.07) is -2.25. The van der Waals surface area contributed by atoms with Gasteiger partial charge in [-0.05, 0) is 242 Å². The van der Waals surface area contributed by atoms with Gasteiger partial charge in [0.15, 0.2) is 11.4 Å². The number of fused-ring (bicyclic) bond motifs is 6. The molecule has 2 saturated carbocycles. The number of carbonyl (C=O) groups is 9. The van der Waals surface area contributed by atoms with E-state index in [4.69, 9.17) is 57.3 Å².